The molecule has 106 valence electrons. The third-order valence-corrected chi connectivity index (χ3v) is 3.82. The van der Waals surface area contributed by atoms with Crippen molar-refractivity contribution in [3.8, 4) is 0 Å². The van der Waals surface area contributed by atoms with Crippen LogP contribution in [0, 0.1) is 0 Å². The number of para-hydroxylation sites is 1. The lowest BCUT2D eigenvalue weighted by molar-refractivity contribution is 0.0948. The van der Waals surface area contributed by atoms with E-state index in [-0.39, 0.29) is 5.91 Å². The molecule has 21 heavy (non-hydrogen) atoms. The zero-order valence-corrected chi connectivity index (χ0v) is 12.4. The topological polar surface area (TPSA) is 42.2 Å². The van der Waals surface area contributed by atoms with Crippen molar-refractivity contribution in [2.24, 2.45) is 0 Å². The maximum Gasteiger partial charge on any atom is 0.251 e. The van der Waals surface area contributed by atoms with Gasteiger partial charge in [0.25, 0.3) is 5.91 Å². The highest BCUT2D eigenvalue weighted by Crippen LogP contribution is 2.23. The third kappa shape index (κ3) is 3.04. The lowest BCUT2D eigenvalue weighted by Crippen LogP contribution is -2.22. The molecule has 0 spiro atoms. The van der Waals surface area contributed by atoms with Crippen molar-refractivity contribution < 1.29 is 9.21 Å². The second kappa shape index (κ2) is 5.80. The van der Waals surface area contributed by atoms with E-state index in [1.54, 1.807) is 12.1 Å². The quantitative estimate of drug-likeness (QED) is 0.762. The molecule has 0 atom stereocenters. The molecule has 0 bridgehead atoms. The molecule has 5 heteroatoms. The Labute approximate surface area is 131 Å². The van der Waals surface area contributed by atoms with E-state index < -0.39 is 0 Å². The summed E-state index contributed by atoms with van der Waals surface area (Å²) in [5.41, 5.74) is 1.26. The Morgan fingerprint density at radius 1 is 1.05 bits per heavy atom. The first-order chi connectivity index (χ1) is 10.1. The first-order valence-corrected chi connectivity index (χ1v) is 7.10. The molecule has 0 saturated heterocycles. The molecule has 3 rings (SSSR count). The van der Waals surface area contributed by atoms with Crippen molar-refractivity contribution in [3.05, 3.63) is 69.9 Å². The fraction of sp³-hybridized carbons (Fsp3) is 0.0625. The summed E-state index contributed by atoms with van der Waals surface area (Å²) in [5.74, 6) is 0.471. The highest BCUT2D eigenvalue weighted by molar-refractivity contribution is 6.42. The van der Waals surface area contributed by atoms with Crippen LogP contribution >= 0.6 is 23.2 Å². The van der Waals surface area contributed by atoms with Crippen LogP contribution in [0.2, 0.25) is 10.0 Å². The summed E-state index contributed by atoms with van der Waals surface area (Å²) in [7, 11) is 0. The van der Waals surface area contributed by atoms with Crippen LogP contribution in [-0.2, 0) is 6.54 Å². The van der Waals surface area contributed by atoms with Gasteiger partial charge in [0.2, 0.25) is 0 Å². The summed E-state index contributed by atoms with van der Waals surface area (Å²) < 4.78 is 5.64. The van der Waals surface area contributed by atoms with Gasteiger partial charge in [0, 0.05) is 10.9 Å². The molecule has 0 fully saturated rings. The number of rotatable bonds is 3. The highest BCUT2D eigenvalue weighted by Gasteiger charge is 2.09. The lowest BCUT2D eigenvalue weighted by Gasteiger charge is -2.04. The van der Waals surface area contributed by atoms with Gasteiger partial charge in [-0.15, -0.1) is 0 Å². The van der Waals surface area contributed by atoms with Crippen LogP contribution in [0.3, 0.4) is 0 Å². The standard InChI is InChI=1S/C16H11Cl2NO2/c17-13-6-5-11(8-14(13)18)16(20)19-9-12-7-10-3-1-2-4-15(10)21-12/h1-8H,9H2,(H,19,20). The summed E-state index contributed by atoms with van der Waals surface area (Å²) in [6.45, 7) is 0.313. The van der Waals surface area contributed by atoms with E-state index in [9.17, 15) is 4.79 Å². The number of hydrogen-bond donors (Lipinski definition) is 1. The van der Waals surface area contributed by atoms with Crippen molar-refractivity contribution >= 4 is 40.1 Å². The summed E-state index contributed by atoms with van der Waals surface area (Å²) in [6, 6.07) is 14.4. The van der Waals surface area contributed by atoms with E-state index in [1.807, 2.05) is 30.3 Å². The lowest BCUT2D eigenvalue weighted by atomic mass is 10.2. The Kier molecular flexibility index (Phi) is 3.86. The normalized spacial score (nSPS) is 10.8. The average molecular weight is 320 g/mol. The maximum absolute atomic E-state index is 12.0. The van der Waals surface area contributed by atoms with Crippen LogP contribution in [0.1, 0.15) is 16.1 Å². The van der Waals surface area contributed by atoms with E-state index >= 15 is 0 Å². The molecule has 3 nitrogen and oxygen atoms in total. The maximum atomic E-state index is 12.0. The number of carbonyl (C=O) groups excluding carboxylic acids is 1. The largest absolute Gasteiger partial charge is 0.459 e. The second-order valence-corrected chi connectivity index (χ2v) is 5.38. The van der Waals surface area contributed by atoms with Gasteiger partial charge in [-0.3, -0.25) is 4.79 Å². The van der Waals surface area contributed by atoms with Crippen LogP contribution in [0.25, 0.3) is 11.0 Å². The Morgan fingerprint density at radius 3 is 2.62 bits per heavy atom. The van der Waals surface area contributed by atoms with E-state index in [0.717, 1.165) is 11.0 Å². The number of carbonyl (C=O) groups is 1. The minimum Gasteiger partial charge on any atom is -0.459 e. The van der Waals surface area contributed by atoms with Crippen molar-refractivity contribution in [2.45, 2.75) is 6.54 Å². The van der Waals surface area contributed by atoms with Gasteiger partial charge in [-0.2, -0.15) is 0 Å². The van der Waals surface area contributed by atoms with Gasteiger partial charge >= 0.3 is 0 Å². The Balaban J connectivity index is 1.71. The highest BCUT2D eigenvalue weighted by atomic mass is 35.5. The van der Waals surface area contributed by atoms with Gasteiger partial charge in [0.1, 0.15) is 11.3 Å². The second-order valence-electron chi connectivity index (χ2n) is 4.56. The molecule has 0 aliphatic carbocycles. The van der Waals surface area contributed by atoms with Crippen LogP contribution in [-0.4, -0.2) is 5.91 Å². The predicted molar refractivity (Wildman–Crippen MR) is 83.8 cm³/mol. The smallest absolute Gasteiger partial charge is 0.251 e. The van der Waals surface area contributed by atoms with Gasteiger partial charge < -0.3 is 9.73 Å². The van der Waals surface area contributed by atoms with Crippen LogP contribution < -0.4 is 5.32 Å². The average Bonchev–Trinajstić information content (AvgIpc) is 2.90. The molecule has 0 saturated carbocycles. The summed E-state index contributed by atoms with van der Waals surface area (Å²) >= 11 is 11.7. The molecule has 1 amide bonds. The van der Waals surface area contributed by atoms with Crippen molar-refractivity contribution in [1.29, 1.82) is 0 Å². The first-order valence-electron chi connectivity index (χ1n) is 6.34. The van der Waals surface area contributed by atoms with Gasteiger partial charge in [-0.05, 0) is 30.3 Å². The summed E-state index contributed by atoms with van der Waals surface area (Å²) in [4.78, 5) is 12.0. The Bertz CT molecular complexity index is 778. The molecule has 1 N–H and O–H groups in total. The molecule has 1 heterocycles. The van der Waals surface area contributed by atoms with Crippen LogP contribution in [0.15, 0.2) is 52.9 Å². The van der Waals surface area contributed by atoms with Gasteiger partial charge in [-0.25, -0.2) is 0 Å². The zero-order chi connectivity index (χ0) is 14.8. The van der Waals surface area contributed by atoms with Crippen LogP contribution in [0.5, 0.6) is 0 Å². The van der Waals surface area contributed by atoms with E-state index in [1.165, 1.54) is 6.07 Å². The Morgan fingerprint density at radius 2 is 1.86 bits per heavy atom. The molecule has 2 aromatic carbocycles. The van der Waals surface area contributed by atoms with Gasteiger partial charge in [0.15, 0.2) is 0 Å². The van der Waals surface area contributed by atoms with Gasteiger partial charge in [0.05, 0.1) is 16.6 Å². The number of furan rings is 1. The van der Waals surface area contributed by atoms with Crippen molar-refractivity contribution in [2.75, 3.05) is 0 Å². The third-order valence-electron chi connectivity index (χ3n) is 3.08. The molecular weight excluding hydrogens is 309 g/mol. The first kappa shape index (κ1) is 14.0. The Hall–Kier alpha value is -1.97. The number of halogens is 2. The minimum atomic E-state index is -0.228. The predicted octanol–water partition coefficient (Wildman–Crippen LogP) is 4.67. The number of amides is 1. The number of fused-ring (bicyclic) bond motifs is 1. The summed E-state index contributed by atoms with van der Waals surface area (Å²) in [6.07, 6.45) is 0. The molecule has 0 unspecified atom stereocenters. The SMILES string of the molecule is O=C(NCc1cc2ccccc2o1)c1ccc(Cl)c(Cl)c1. The number of hydrogen-bond acceptors (Lipinski definition) is 2. The molecule has 3 aromatic rings. The van der Waals surface area contributed by atoms with E-state index in [0.29, 0.717) is 27.9 Å². The summed E-state index contributed by atoms with van der Waals surface area (Å²) in [5, 5.41) is 4.58. The molecule has 0 aliphatic heterocycles. The van der Waals surface area contributed by atoms with E-state index in [4.69, 9.17) is 27.6 Å². The minimum absolute atomic E-state index is 0.228. The van der Waals surface area contributed by atoms with Crippen molar-refractivity contribution in [1.82, 2.24) is 5.32 Å². The van der Waals surface area contributed by atoms with E-state index in [2.05, 4.69) is 5.32 Å². The number of benzene rings is 2. The fourth-order valence-corrected chi connectivity index (χ4v) is 2.33. The molecule has 0 aliphatic rings. The van der Waals surface area contributed by atoms with Crippen molar-refractivity contribution in [3.63, 3.8) is 0 Å². The molecule has 1 aromatic heterocycles. The van der Waals surface area contributed by atoms with Crippen LogP contribution in [0.4, 0.5) is 0 Å². The zero-order valence-electron chi connectivity index (χ0n) is 10.9. The monoisotopic (exact) mass is 319 g/mol. The fourth-order valence-electron chi connectivity index (χ4n) is 2.03. The molecular formula is C16H11Cl2NO2. The van der Waals surface area contributed by atoms with Gasteiger partial charge in [-0.1, -0.05) is 41.4 Å². The molecule has 0 radical (unpaired) electrons. The number of nitrogens with one attached hydrogen (secondary N) is 1.